The van der Waals surface area contributed by atoms with Gasteiger partial charge in [-0.15, -0.1) is 0 Å². The van der Waals surface area contributed by atoms with E-state index in [9.17, 15) is 9.59 Å². The highest BCUT2D eigenvalue weighted by Gasteiger charge is 2.24. The molecule has 0 radical (unpaired) electrons. The van der Waals surface area contributed by atoms with Crippen molar-refractivity contribution in [2.75, 3.05) is 0 Å². The first-order valence-corrected chi connectivity index (χ1v) is 8.00. The molecule has 0 saturated carbocycles. The molecular weight excluding hydrogens is 326 g/mol. The van der Waals surface area contributed by atoms with Crippen molar-refractivity contribution in [1.82, 2.24) is 9.88 Å². The van der Waals surface area contributed by atoms with Gasteiger partial charge in [0.2, 0.25) is 0 Å². The van der Waals surface area contributed by atoms with Crippen molar-refractivity contribution in [2.45, 2.75) is 6.92 Å². The molecule has 0 unspecified atom stereocenters. The Hall–Kier alpha value is -2.80. The molecule has 1 aromatic carbocycles. The molecule has 24 heavy (non-hydrogen) atoms. The van der Waals surface area contributed by atoms with Crippen molar-refractivity contribution < 1.29 is 14.7 Å². The van der Waals surface area contributed by atoms with Gasteiger partial charge < -0.3 is 15.0 Å². The van der Waals surface area contributed by atoms with Crippen LogP contribution in [0.2, 0.25) is 0 Å². The molecule has 3 rings (SSSR count). The number of hydrogen-bond acceptors (Lipinski definition) is 4. The molecule has 1 aromatic heterocycles. The molecule has 6 nitrogen and oxygen atoms in total. The minimum Gasteiger partial charge on any atom is -0.478 e. The molecule has 0 bridgehead atoms. The second-order valence-corrected chi connectivity index (χ2v) is 6.36. The SMILES string of the molecule is Cc1ccc(C(=O)O)cc1N=C1NC(=O)/C(=C\c2cccn2C)S1. The molecule has 2 N–H and O–H groups in total. The number of carbonyl (C=O) groups is 2. The van der Waals surface area contributed by atoms with Crippen molar-refractivity contribution in [3.8, 4) is 0 Å². The maximum absolute atomic E-state index is 12.1. The van der Waals surface area contributed by atoms with Crippen LogP contribution in [0.15, 0.2) is 46.4 Å². The summed E-state index contributed by atoms with van der Waals surface area (Å²) < 4.78 is 1.91. The average molecular weight is 341 g/mol. The lowest BCUT2D eigenvalue weighted by Gasteiger charge is -2.03. The van der Waals surface area contributed by atoms with E-state index in [1.807, 2.05) is 36.9 Å². The number of nitrogens with one attached hydrogen (secondary N) is 1. The van der Waals surface area contributed by atoms with Gasteiger partial charge in [-0.25, -0.2) is 9.79 Å². The number of rotatable bonds is 3. The molecule has 1 aliphatic heterocycles. The monoisotopic (exact) mass is 341 g/mol. The average Bonchev–Trinajstić information content (AvgIpc) is 3.08. The first-order chi connectivity index (χ1) is 11.4. The van der Waals surface area contributed by atoms with Gasteiger partial charge in [0, 0.05) is 18.9 Å². The van der Waals surface area contributed by atoms with E-state index in [0.717, 1.165) is 11.3 Å². The third-order valence-electron chi connectivity index (χ3n) is 3.59. The summed E-state index contributed by atoms with van der Waals surface area (Å²) >= 11 is 1.23. The van der Waals surface area contributed by atoms with E-state index in [4.69, 9.17) is 5.11 Å². The summed E-state index contributed by atoms with van der Waals surface area (Å²) in [7, 11) is 1.90. The zero-order chi connectivity index (χ0) is 17.3. The quantitative estimate of drug-likeness (QED) is 0.841. The van der Waals surface area contributed by atoms with Crippen LogP contribution in [0.4, 0.5) is 5.69 Å². The smallest absolute Gasteiger partial charge is 0.335 e. The molecule has 0 aliphatic carbocycles. The number of aliphatic imine (C=N–C) groups is 1. The Labute approximate surface area is 142 Å². The number of carboxylic acid groups (broad SMARTS) is 1. The van der Waals surface area contributed by atoms with Crippen LogP contribution < -0.4 is 5.32 Å². The topological polar surface area (TPSA) is 83.7 Å². The molecule has 2 aromatic rings. The Morgan fingerprint density at radius 2 is 2.17 bits per heavy atom. The van der Waals surface area contributed by atoms with Gasteiger partial charge >= 0.3 is 5.97 Å². The van der Waals surface area contributed by atoms with E-state index in [0.29, 0.717) is 15.8 Å². The van der Waals surface area contributed by atoms with Gasteiger partial charge in [0.15, 0.2) is 5.17 Å². The van der Waals surface area contributed by atoms with Crippen LogP contribution in [-0.2, 0) is 11.8 Å². The van der Waals surface area contributed by atoms with E-state index in [2.05, 4.69) is 10.3 Å². The summed E-state index contributed by atoms with van der Waals surface area (Å²) in [6.45, 7) is 1.84. The van der Waals surface area contributed by atoms with E-state index in [1.54, 1.807) is 12.1 Å². The van der Waals surface area contributed by atoms with Gasteiger partial charge in [0.05, 0.1) is 16.2 Å². The second-order valence-electron chi connectivity index (χ2n) is 5.33. The molecule has 2 heterocycles. The Morgan fingerprint density at radius 3 is 2.83 bits per heavy atom. The molecule has 1 saturated heterocycles. The van der Waals surface area contributed by atoms with Crippen LogP contribution in [0, 0.1) is 6.92 Å². The number of carboxylic acids is 1. The first-order valence-electron chi connectivity index (χ1n) is 7.19. The van der Waals surface area contributed by atoms with Crippen molar-refractivity contribution in [1.29, 1.82) is 0 Å². The number of nitrogens with zero attached hydrogens (tertiary/aromatic N) is 2. The normalized spacial score (nSPS) is 17.5. The highest BCUT2D eigenvalue weighted by atomic mass is 32.2. The Kier molecular flexibility index (Phi) is 4.26. The first kappa shape index (κ1) is 16.1. The fourth-order valence-electron chi connectivity index (χ4n) is 2.21. The van der Waals surface area contributed by atoms with Crippen LogP contribution in [0.5, 0.6) is 0 Å². The predicted molar refractivity (Wildman–Crippen MR) is 94.4 cm³/mol. The number of carbonyl (C=O) groups excluding carboxylic acids is 1. The fraction of sp³-hybridized carbons (Fsp3) is 0.118. The number of thioether (sulfide) groups is 1. The zero-order valence-corrected chi connectivity index (χ0v) is 13.9. The van der Waals surface area contributed by atoms with Crippen LogP contribution in [0.1, 0.15) is 21.6 Å². The minimum absolute atomic E-state index is 0.161. The number of benzene rings is 1. The van der Waals surface area contributed by atoms with E-state index >= 15 is 0 Å². The molecular formula is C17H15N3O3S. The Balaban J connectivity index is 1.90. The highest BCUT2D eigenvalue weighted by molar-refractivity contribution is 8.18. The molecule has 1 fully saturated rings. The number of aromatic carboxylic acids is 1. The molecule has 1 amide bonds. The molecule has 0 spiro atoms. The van der Waals surface area contributed by atoms with E-state index in [1.165, 1.54) is 23.9 Å². The molecule has 122 valence electrons. The van der Waals surface area contributed by atoms with Crippen molar-refractivity contribution in [3.63, 3.8) is 0 Å². The molecule has 1 aliphatic rings. The van der Waals surface area contributed by atoms with E-state index in [-0.39, 0.29) is 11.5 Å². The summed E-state index contributed by atoms with van der Waals surface area (Å²) in [5.74, 6) is -1.23. The third-order valence-corrected chi connectivity index (χ3v) is 4.50. The van der Waals surface area contributed by atoms with Crippen LogP contribution in [0.25, 0.3) is 6.08 Å². The van der Waals surface area contributed by atoms with Crippen LogP contribution in [-0.4, -0.2) is 26.7 Å². The lowest BCUT2D eigenvalue weighted by molar-refractivity contribution is -0.115. The lowest BCUT2D eigenvalue weighted by Crippen LogP contribution is -2.19. The fourth-order valence-corrected chi connectivity index (χ4v) is 3.03. The summed E-state index contributed by atoms with van der Waals surface area (Å²) in [5.41, 5.74) is 2.44. The van der Waals surface area contributed by atoms with Crippen molar-refractivity contribution in [2.24, 2.45) is 12.0 Å². The van der Waals surface area contributed by atoms with E-state index < -0.39 is 5.97 Å². The maximum Gasteiger partial charge on any atom is 0.335 e. The highest BCUT2D eigenvalue weighted by Crippen LogP contribution is 2.29. The summed E-state index contributed by atoms with van der Waals surface area (Å²) in [5, 5.41) is 12.2. The van der Waals surface area contributed by atoms with Gasteiger partial charge in [-0.1, -0.05) is 6.07 Å². The lowest BCUT2D eigenvalue weighted by atomic mass is 10.1. The number of aromatic nitrogens is 1. The second kappa shape index (κ2) is 6.37. The van der Waals surface area contributed by atoms with Gasteiger partial charge in [0.25, 0.3) is 5.91 Å². The number of amides is 1. The predicted octanol–water partition coefficient (Wildman–Crippen LogP) is 2.92. The number of aryl methyl sites for hydroxylation is 2. The summed E-state index contributed by atoms with van der Waals surface area (Å²) in [6.07, 6.45) is 3.70. The van der Waals surface area contributed by atoms with Gasteiger partial charge in [-0.3, -0.25) is 4.79 Å². The van der Waals surface area contributed by atoms with Crippen LogP contribution >= 0.6 is 11.8 Å². The third kappa shape index (κ3) is 3.26. The molecule has 0 atom stereocenters. The number of amidine groups is 1. The minimum atomic E-state index is -1.01. The van der Waals surface area contributed by atoms with Crippen molar-refractivity contribution in [3.05, 3.63) is 58.3 Å². The Morgan fingerprint density at radius 1 is 1.38 bits per heavy atom. The summed E-state index contributed by atoms with van der Waals surface area (Å²) in [4.78, 5) is 28.1. The van der Waals surface area contributed by atoms with Gasteiger partial charge in [0.1, 0.15) is 0 Å². The van der Waals surface area contributed by atoms with Gasteiger partial charge in [-0.05, 0) is 54.6 Å². The molecule has 7 heteroatoms. The largest absolute Gasteiger partial charge is 0.478 e. The Bertz CT molecular complexity index is 896. The van der Waals surface area contributed by atoms with Crippen LogP contribution in [0.3, 0.4) is 0 Å². The zero-order valence-electron chi connectivity index (χ0n) is 13.1. The summed E-state index contributed by atoms with van der Waals surface area (Å²) in [6, 6.07) is 8.54. The van der Waals surface area contributed by atoms with Gasteiger partial charge in [-0.2, -0.15) is 0 Å². The standard InChI is InChI=1S/C17H15N3O3S/c1-10-5-6-11(16(22)23)8-13(10)18-17-19-15(21)14(24-17)9-12-4-3-7-20(12)2/h3-9H,1-2H3,(H,22,23)(H,18,19,21)/b14-9+. The maximum atomic E-state index is 12.1. The number of hydrogen-bond donors (Lipinski definition) is 2. The van der Waals surface area contributed by atoms with Crippen molar-refractivity contribution >= 4 is 40.6 Å².